The summed E-state index contributed by atoms with van der Waals surface area (Å²) in [5.41, 5.74) is 6.48. The molecule has 0 saturated carbocycles. The molecule has 1 aromatic rings. The van der Waals surface area contributed by atoms with Crippen molar-refractivity contribution in [3.05, 3.63) is 22.4 Å². The van der Waals surface area contributed by atoms with Gasteiger partial charge in [0.05, 0.1) is 6.04 Å². The van der Waals surface area contributed by atoms with Crippen LogP contribution in [0.25, 0.3) is 0 Å². The van der Waals surface area contributed by atoms with Crippen molar-refractivity contribution in [3.63, 3.8) is 0 Å². The summed E-state index contributed by atoms with van der Waals surface area (Å²) in [5.74, 6) is 0.0618. The van der Waals surface area contributed by atoms with Crippen molar-refractivity contribution in [2.75, 3.05) is 33.2 Å². The Morgan fingerprint density at radius 2 is 2.22 bits per heavy atom. The number of rotatable bonds is 2. The van der Waals surface area contributed by atoms with Crippen LogP contribution in [0.4, 0.5) is 0 Å². The van der Waals surface area contributed by atoms with E-state index in [9.17, 15) is 4.79 Å². The van der Waals surface area contributed by atoms with E-state index in [0.717, 1.165) is 24.1 Å². The van der Waals surface area contributed by atoms with Crippen LogP contribution in [0.5, 0.6) is 0 Å². The Bertz CT molecular complexity index is 445. The molecule has 100 valence electrons. The number of aryl methyl sites for hydroxylation is 1. The summed E-state index contributed by atoms with van der Waals surface area (Å²) in [7, 11) is 3.94. The summed E-state index contributed by atoms with van der Waals surface area (Å²) < 4.78 is 2.77. The zero-order valence-electron chi connectivity index (χ0n) is 10.8. The van der Waals surface area contributed by atoms with Gasteiger partial charge in [0.1, 0.15) is 5.69 Å². The molecule has 1 amide bonds. The summed E-state index contributed by atoms with van der Waals surface area (Å²) in [6, 6.07) is 1.96. The molecule has 1 aromatic heterocycles. The fraction of sp³-hybridized carbons (Fsp3) is 0.583. The van der Waals surface area contributed by atoms with Crippen LogP contribution >= 0.6 is 15.9 Å². The van der Waals surface area contributed by atoms with Gasteiger partial charge in [-0.15, -0.1) is 0 Å². The third-order valence-electron chi connectivity index (χ3n) is 3.41. The third kappa shape index (κ3) is 2.60. The molecule has 0 radical (unpaired) electrons. The van der Waals surface area contributed by atoms with Crippen LogP contribution in [0, 0.1) is 0 Å². The summed E-state index contributed by atoms with van der Waals surface area (Å²) in [5, 5.41) is 0. The number of carbonyl (C=O) groups is 1. The van der Waals surface area contributed by atoms with Crippen LogP contribution in [0.3, 0.4) is 0 Å². The second-order valence-corrected chi connectivity index (χ2v) is 5.72. The van der Waals surface area contributed by atoms with Crippen molar-refractivity contribution in [1.29, 1.82) is 0 Å². The predicted octanol–water partition coefficient (Wildman–Crippen LogP) is 0.503. The fourth-order valence-electron chi connectivity index (χ4n) is 2.36. The van der Waals surface area contributed by atoms with E-state index in [1.165, 1.54) is 0 Å². The summed E-state index contributed by atoms with van der Waals surface area (Å²) in [6.45, 7) is 2.98. The Kier molecular flexibility index (Phi) is 4.09. The van der Waals surface area contributed by atoms with Gasteiger partial charge in [-0.1, -0.05) is 0 Å². The van der Waals surface area contributed by atoms with E-state index in [1.807, 2.05) is 28.8 Å². The van der Waals surface area contributed by atoms with Gasteiger partial charge < -0.3 is 20.1 Å². The average Bonchev–Trinajstić information content (AvgIpc) is 2.67. The molecule has 0 spiro atoms. The first-order valence-corrected chi connectivity index (χ1v) is 6.83. The van der Waals surface area contributed by atoms with E-state index in [2.05, 4.69) is 27.9 Å². The van der Waals surface area contributed by atoms with Gasteiger partial charge in [-0.3, -0.25) is 4.79 Å². The maximum Gasteiger partial charge on any atom is 0.270 e. The Morgan fingerprint density at radius 1 is 1.50 bits per heavy atom. The maximum atomic E-state index is 12.5. The van der Waals surface area contributed by atoms with Crippen molar-refractivity contribution in [2.24, 2.45) is 12.8 Å². The Morgan fingerprint density at radius 3 is 2.78 bits per heavy atom. The van der Waals surface area contributed by atoms with Crippen LogP contribution in [-0.2, 0) is 7.05 Å². The number of nitrogens with two attached hydrogens (primary N) is 1. The molecule has 5 nitrogen and oxygen atoms in total. The first-order valence-electron chi connectivity index (χ1n) is 6.04. The summed E-state index contributed by atoms with van der Waals surface area (Å²) >= 11 is 3.39. The molecule has 0 bridgehead atoms. The minimum absolute atomic E-state index is 0.0618. The molecule has 18 heavy (non-hydrogen) atoms. The van der Waals surface area contributed by atoms with Gasteiger partial charge in [-0.05, 0) is 29.0 Å². The molecule has 6 heteroatoms. The van der Waals surface area contributed by atoms with Gasteiger partial charge in [0, 0.05) is 43.9 Å². The number of nitrogens with zero attached hydrogens (tertiary/aromatic N) is 3. The lowest BCUT2D eigenvalue weighted by molar-refractivity contribution is 0.0506. The van der Waals surface area contributed by atoms with Crippen LogP contribution in [0.2, 0.25) is 0 Å². The van der Waals surface area contributed by atoms with Crippen molar-refractivity contribution in [3.8, 4) is 0 Å². The number of likely N-dealkylation sites (N-methyl/N-ethyl adjacent to an activating group) is 1. The van der Waals surface area contributed by atoms with E-state index in [4.69, 9.17) is 5.73 Å². The Balaban J connectivity index is 2.20. The maximum absolute atomic E-state index is 12.5. The highest BCUT2D eigenvalue weighted by atomic mass is 79.9. The molecule has 2 heterocycles. The van der Waals surface area contributed by atoms with E-state index < -0.39 is 0 Å². The Labute approximate surface area is 116 Å². The van der Waals surface area contributed by atoms with Gasteiger partial charge >= 0.3 is 0 Å². The van der Waals surface area contributed by atoms with Crippen LogP contribution in [0.1, 0.15) is 10.5 Å². The van der Waals surface area contributed by atoms with E-state index >= 15 is 0 Å². The lowest BCUT2D eigenvalue weighted by Gasteiger charge is -2.39. The molecule has 0 aromatic carbocycles. The van der Waals surface area contributed by atoms with Crippen LogP contribution < -0.4 is 5.73 Å². The smallest absolute Gasteiger partial charge is 0.270 e. The van der Waals surface area contributed by atoms with Crippen LogP contribution in [-0.4, -0.2) is 59.5 Å². The average molecular weight is 315 g/mol. The van der Waals surface area contributed by atoms with Gasteiger partial charge in [0.2, 0.25) is 0 Å². The van der Waals surface area contributed by atoms with Crippen LogP contribution in [0.15, 0.2) is 16.7 Å². The molecule has 1 fully saturated rings. The molecule has 1 aliphatic rings. The second-order valence-electron chi connectivity index (χ2n) is 4.80. The molecule has 1 aliphatic heterocycles. The fourth-order valence-corrected chi connectivity index (χ4v) is 2.89. The molecule has 1 atom stereocenters. The monoisotopic (exact) mass is 314 g/mol. The van der Waals surface area contributed by atoms with Crippen molar-refractivity contribution < 1.29 is 4.79 Å². The highest BCUT2D eigenvalue weighted by Gasteiger charge is 2.29. The van der Waals surface area contributed by atoms with Crippen molar-refractivity contribution >= 4 is 21.8 Å². The van der Waals surface area contributed by atoms with Gasteiger partial charge in [0.25, 0.3) is 5.91 Å². The minimum atomic E-state index is 0.0618. The summed E-state index contributed by atoms with van der Waals surface area (Å²) in [6.07, 6.45) is 1.89. The Hall–Kier alpha value is -0.850. The quantitative estimate of drug-likeness (QED) is 0.865. The van der Waals surface area contributed by atoms with E-state index in [-0.39, 0.29) is 11.9 Å². The van der Waals surface area contributed by atoms with Gasteiger partial charge in [-0.25, -0.2) is 0 Å². The normalized spacial score (nSPS) is 21.3. The molecule has 0 aliphatic carbocycles. The third-order valence-corrected chi connectivity index (χ3v) is 3.84. The SMILES string of the molecule is CN1CCN(C(=O)c2cc(Br)cn2C)C(CN)C1. The summed E-state index contributed by atoms with van der Waals surface area (Å²) in [4.78, 5) is 16.6. The van der Waals surface area contributed by atoms with E-state index in [0.29, 0.717) is 12.2 Å². The molecule has 1 saturated heterocycles. The zero-order chi connectivity index (χ0) is 13.3. The lowest BCUT2D eigenvalue weighted by atomic mass is 10.1. The highest BCUT2D eigenvalue weighted by molar-refractivity contribution is 9.10. The van der Waals surface area contributed by atoms with Crippen molar-refractivity contribution in [2.45, 2.75) is 6.04 Å². The number of hydrogen-bond donors (Lipinski definition) is 1. The number of carbonyl (C=O) groups excluding carboxylic acids is 1. The first kappa shape index (κ1) is 13.6. The molecular formula is C12H19BrN4O. The number of halogens is 1. The number of aromatic nitrogens is 1. The molecule has 2 rings (SSSR count). The standard InChI is InChI=1S/C12H19BrN4O/c1-15-3-4-17(10(6-14)8-15)12(18)11-5-9(13)7-16(11)2/h5,7,10H,3-4,6,8,14H2,1-2H3. The van der Waals surface area contributed by atoms with Gasteiger partial charge in [-0.2, -0.15) is 0 Å². The van der Waals surface area contributed by atoms with E-state index in [1.54, 1.807) is 0 Å². The zero-order valence-corrected chi connectivity index (χ0v) is 12.4. The topological polar surface area (TPSA) is 54.5 Å². The number of amides is 1. The van der Waals surface area contributed by atoms with Gasteiger partial charge in [0.15, 0.2) is 0 Å². The first-order chi connectivity index (χ1) is 8.52. The second kappa shape index (κ2) is 5.42. The molecular weight excluding hydrogens is 296 g/mol. The highest BCUT2D eigenvalue weighted by Crippen LogP contribution is 2.18. The molecule has 2 N–H and O–H groups in total. The lowest BCUT2D eigenvalue weighted by Crippen LogP contribution is -2.57. The molecule has 1 unspecified atom stereocenters. The minimum Gasteiger partial charge on any atom is -0.345 e. The predicted molar refractivity (Wildman–Crippen MR) is 74.5 cm³/mol. The largest absolute Gasteiger partial charge is 0.345 e. The number of hydrogen-bond acceptors (Lipinski definition) is 3. The number of piperazine rings is 1. The van der Waals surface area contributed by atoms with Crippen molar-refractivity contribution in [1.82, 2.24) is 14.4 Å².